The van der Waals surface area contributed by atoms with Gasteiger partial charge in [-0.2, -0.15) is 0 Å². The Balaban J connectivity index is 2.00. The molecular weight excluding hydrogens is 160 g/mol. The molecule has 0 aromatic carbocycles. The molecule has 0 spiro atoms. The van der Waals surface area contributed by atoms with Crippen molar-refractivity contribution in [3.8, 4) is 0 Å². The predicted molar refractivity (Wildman–Crippen MR) is 55.6 cm³/mol. The normalized spacial score (nSPS) is 33.0. The number of nitrogens with zero attached hydrogens (tertiary/aromatic N) is 1. The van der Waals surface area contributed by atoms with Crippen LogP contribution in [-0.2, 0) is 0 Å². The van der Waals surface area contributed by atoms with Crippen LogP contribution in [0, 0.1) is 0 Å². The van der Waals surface area contributed by atoms with Crippen molar-refractivity contribution in [2.45, 2.75) is 38.1 Å². The SMILES string of the molecule is CN/C=C1\CCCC1N1CCCC1. The second kappa shape index (κ2) is 4.14. The molecule has 1 N–H and O–H groups in total. The Morgan fingerprint density at radius 1 is 1.31 bits per heavy atom. The number of rotatable bonds is 2. The second-order valence-corrected chi connectivity index (χ2v) is 4.16. The maximum absolute atomic E-state index is 3.17. The van der Waals surface area contributed by atoms with Gasteiger partial charge in [0.05, 0.1) is 0 Å². The average Bonchev–Trinajstić information content (AvgIpc) is 2.71. The lowest BCUT2D eigenvalue weighted by Gasteiger charge is -2.24. The van der Waals surface area contributed by atoms with Crippen molar-refractivity contribution in [1.82, 2.24) is 10.2 Å². The minimum Gasteiger partial charge on any atom is -0.394 e. The first-order chi connectivity index (χ1) is 6.42. The zero-order valence-electron chi connectivity index (χ0n) is 8.55. The van der Waals surface area contributed by atoms with Gasteiger partial charge in [0.2, 0.25) is 0 Å². The third kappa shape index (κ3) is 1.88. The van der Waals surface area contributed by atoms with E-state index in [1.165, 1.54) is 45.2 Å². The molecule has 1 unspecified atom stereocenters. The molecule has 0 radical (unpaired) electrons. The molecular formula is C11H20N2. The molecule has 1 heterocycles. The summed E-state index contributed by atoms with van der Waals surface area (Å²) in [4.78, 5) is 2.66. The largest absolute Gasteiger partial charge is 0.394 e. The molecule has 13 heavy (non-hydrogen) atoms. The highest BCUT2D eigenvalue weighted by molar-refractivity contribution is 5.15. The first kappa shape index (κ1) is 9.07. The van der Waals surface area contributed by atoms with Gasteiger partial charge in [-0.05, 0) is 57.0 Å². The molecule has 0 amide bonds. The lowest BCUT2D eigenvalue weighted by molar-refractivity contribution is 0.277. The zero-order valence-corrected chi connectivity index (χ0v) is 8.55. The Morgan fingerprint density at radius 3 is 2.77 bits per heavy atom. The molecule has 1 aliphatic carbocycles. The van der Waals surface area contributed by atoms with Gasteiger partial charge < -0.3 is 5.32 Å². The van der Waals surface area contributed by atoms with Crippen LogP contribution in [0.25, 0.3) is 0 Å². The van der Waals surface area contributed by atoms with E-state index in [0.29, 0.717) is 0 Å². The van der Waals surface area contributed by atoms with Crippen LogP contribution in [0.4, 0.5) is 0 Å². The maximum Gasteiger partial charge on any atom is 0.0324 e. The topological polar surface area (TPSA) is 15.3 Å². The number of nitrogens with one attached hydrogen (secondary N) is 1. The highest BCUT2D eigenvalue weighted by Crippen LogP contribution is 2.30. The first-order valence-electron chi connectivity index (χ1n) is 5.52. The molecule has 1 saturated heterocycles. The van der Waals surface area contributed by atoms with Gasteiger partial charge in [-0.15, -0.1) is 0 Å². The molecule has 2 rings (SSSR count). The summed E-state index contributed by atoms with van der Waals surface area (Å²) in [6, 6.07) is 0.773. The van der Waals surface area contributed by atoms with Gasteiger partial charge >= 0.3 is 0 Å². The van der Waals surface area contributed by atoms with Gasteiger partial charge in [0, 0.05) is 13.1 Å². The summed E-state index contributed by atoms with van der Waals surface area (Å²) in [5, 5.41) is 3.17. The second-order valence-electron chi connectivity index (χ2n) is 4.16. The molecule has 0 bridgehead atoms. The van der Waals surface area contributed by atoms with Crippen LogP contribution in [0.1, 0.15) is 32.1 Å². The average molecular weight is 180 g/mol. The van der Waals surface area contributed by atoms with Crippen LogP contribution in [0.3, 0.4) is 0 Å². The van der Waals surface area contributed by atoms with Gasteiger partial charge in [0.15, 0.2) is 0 Å². The van der Waals surface area contributed by atoms with E-state index in [0.717, 1.165) is 6.04 Å². The minimum absolute atomic E-state index is 0.773. The van der Waals surface area contributed by atoms with E-state index in [2.05, 4.69) is 16.4 Å². The Bertz CT molecular complexity index is 192. The van der Waals surface area contributed by atoms with Gasteiger partial charge in [0.25, 0.3) is 0 Å². The highest BCUT2D eigenvalue weighted by Gasteiger charge is 2.28. The van der Waals surface area contributed by atoms with E-state index in [9.17, 15) is 0 Å². The molecule has 74 valence electrons. The van der Waals surface area contributed by atoms with Crippen LogP contribution in [0.5, 0.6) is 0 Å². The molecule has 2 heteroatoms. The van der Waals surface area contributed by atoms with E-state index < -0.39 is 0 Å². The van der Waals surface area contributed by atoms with Crippen LogP contribution in [0.15, 0.2) is 11.8 Å². The highest BCUT2D eigenvalue weighted by atomic mass is 15.2. The van der Waals surface area contributed by atoms with E-state index in [1.807, 2.05) is 7.05 Å². The fourth-order valence-electron chi connectivity index (χ4n) is 2.68. The first-order valence-corrected chi connectivity index (χ1v) is 5.52. The Morgan fingerprint density at radius 2 is 2.08 bits per heavy atom. The fourth-order valence-corrected chi connectivity index (χ4v) is 2.68. The van der Waals surface area contributed by atoms with Crippen LogP contribution in [-0.4, -0.2) is 31.1 Å². The summed E-state index contributed by atoms with van der Waals surface area (Å²) in [6.07, 6.45) is 9.10. The van der Waals surface area contributed by atoms with Crippen LogP contribution >= 0.6 is 0 Å². The molecule has 2 fully saturated rings. The summed E-state index contributed by atoms with van der Waals surface area (Å²) in [5.41, 5.74) is 1.63. The van der Waals surface area contributed by atoms with Crippen molar-refractivity contribution in [2.24, 2.45) is 0 Å². The lowest BCUT2D eigenvalue weighted by Crippen LogP contribution is -2.31. The van der Waals surface area contributed by atoms with Crippen molar-refractivity contribution < 1.29 is 0 Å². The molecule has 1 atom stereocenters. The van der Waals surface area contributed by atoms with E-state index in [1.54, 1.807) is 5.57 Å². The summed E-state index contributed by atoms with van der Waals surface area (Å²) < 4.78 is 0. The van der Waals surface area contributed by atoms with Crippen molar-refractivity contribution in [3.05, 3.63) is 11.8 Å². The van der Waals surface area contributed by atoms with Crippen LogP contribution < -0.4 is 5.32 Å². The van der Waals surface area contributed by atoms with Crippen molar-refractivity contribution in [3.63, 3.8) is 0 Å². The Hall–Kier alpha value is -0.500. The van der Waals surface area contributed by atoms with Gasteiger partial charge in [-0.3, -0.25) is 4.90 Å². The predicted octanol–water partition coefficient (Wildman–Crippen LogP) is 1.74. The maximum atomic E-state index is 3.17. The molecule has 2 aliphatic rings. The number of hydrogen-bond donors (Lipinski definition) is 1. The van der Waals surface area contributed by atoms with Crippen molar-refractivity contribution in [1.29, 1.82) is 0 Å². The van der Waals surface area contributed by atoms with Crippen LogP contribution in [0.2, 0.25) is 0 Å². The summed E-state index contributed by atoms with van der Waals surface area (Å²) in [6.45, 7) is 2.65. The molecule has 1 saturated carbocycles. The molecule has 1 aliphatic heterocycles. The van der Waals surface area contributed by atoms with Gasteiger partial charge in [-0.1, -0.05) is 0 Å². The molecule has 0 aromatic heterocycles. The number of hydrogen-bond acceptors (Lipinski definition) is 2. The Labute approximate surface area is 81.0 Å². The monoisotopic (exact) mass is 180 g/mol. The Kier molecular flexibility index (Phi) is 2.89. The third-order valence-corrected chi connectivity index (χ3v) is 3.28. The lowest BCUT2D eigenvalue weighted by atomic mass is 10.1. The minimum atomic E-state index is 0.773. The number of likely N-dealkylation sites (tertiary alicyclic amines) is 1. The van der Waals surface area contributed by atoms with E-state index in [-0.39, 0.29) is 0 Å². The smallest absolute Gasteiger partial charge is 0.0324 e. The van der Waals surface area contributed by atoms with Gasteiger partial charge in [-0.25, -0.2) is 0 Å². The standard InChI is InChI=1S/C11H20N2/c1-12-9-10-5-4-6-11(10)13-7-2-3-8-13/h9,11-12H,2-8H2,1H3/b10-9+. The summed E-state index contributed by atoms with van der Waals surface area (Å²) in [5.74, 6) is 0. The molecule has 2 nitrogen and oxygen atoms in total. The quantitative estimate of drug-likeness (QED) is 0.696. The molecule has 0 aromatic rings. The van der Waals surface area contributed by atoms with Crippen molar-refractivity contribution >= 4 is 0 Å². The fraction of sp³-hybridized carbons (Fsp3) is 0.818. The zero-order chi connectivity index (χ0) is 9.10. The van der Waals surface area contributed by atoms with Crippen molar-refractivity contribution in [2.75, 3.05) is 20.1 Å². The van der Waals surface area contributed by atoms with E-state index in [4.69, 9.17) is 0 Å². The van der Waals surface area contributed by atoms with Gasteiger partial charge in [0.1, 0.15) is 0 Å². The summed E-state index contributed by atoms with van der Waals surface area (Å²) >= 11 is 0. The third-order valence-electron chi connectivity index (χ3n) is 3.28. The summed E-state index contributed by atoms with van der Waals surface area (Å²) in [7, 11) is 2.01. The van der Waals surface area contributed by atoms with E-state index >= 15 is 0 Å².